The molecule has 0 radical (unpaired) electrons. The van der Waals surface area contributed by atoms with Crippen LogP contribution in [0.5, 0.6) is 0 Å². The van der Waals surface area contributed by atoms with E-state index in [-0.39, 0.29) is 17.9 Å². The monoisotopic (exact) mass is 321 g/mol. The van der Waals surface area contributed by atoms with Gasteiger partial charge in [0.05, 0.1) is 5.56 Å². The van der Waals surface area contributed by atoms with Crippen molar-refractivity contribution in [2.24, 2.45) is 5.92 Å². The Balaban J connectivity index is 2.94. The number of carboxylic acid groups (broad SMARTS) is 1. The largest absolute Gasteiger partial charge is 0.480 e. The number of nitrogens with one attached hydrogen (secondary N) is 1. The third-order valence-corrected chi connectivity index (χ3v) is 2.85. The lowest BCUT2D eigenvalue weighted by molar-refractivity contribution is -0.140. The molecular formula is C14H15F4NO3. The van der Waals surface area contributed by atoms with Crippen LogP contribution < -0.4 is 5.32 Å². The molecule has 122 valence electrons. The van der Waals surface area contributed by atoms with E-state index < -0.39 is 35.5 Å². The number of rotatable bonds is 5. The molecule has 1 atom stereocenters. The van der Waals surface area contributed by atoms with Crippen LogP contribution in [0.15, 0.2) is 18.2 Å². The Kier molecular flexibility index (Phi) is 5.51. The second-order valence-electron chi connectivity index (χ2n) is 5.19. The van der Waals surface area contributed by atoms with E-state index in [4.69, 9.17) is 5.11 Å². The number of halogens is 4. The summed E-state index contributed by atoms with van der Waals surface area (Å²) >= 11 is 0. The lowest BCUT2D eigenvalue weighted by Gasteiger charge is -2.17. The first kappa shape index (κ1) is 17.9. The van der Waals surface area contributed by atoms with Gasteiger partial charge in [0.1, 0.15) is 11.9 Å². The number of hydrogen-bond acceptors (Lipinski definition) is 2. The number of carbonyl (C=O) groups excluding carboxylic acids is 1. The summed E-state index contributed by atoms with van der Waals surface area (Å²) in [5, 5.41) is 11.1. The Hall–Kier alpha value is -2.12. The highest BCUT2D eigenvalue weighted by molar-refractivity contribution is 5.96. The number of aliphatic carboxylic acids is 1. The smallest absolute Gasteiger partial charge is 0.419 e. The van der Waals surface area contributed by atoms with Gasteiger partial charge in [-0.3, -0.25) is 4.79 Å². The minimum atomic E-state index is -4.86. The molecule has 0 spiro atoms. The van der Waals surface area contributed by atoms with Gasteiger partial charge in [0, 0.05) is 5.56 Å². The predicted octanol–water partition coefficient (Wildman–Crippen LogP) is 3.07. The van der Waals surface area contributed by atoms with Crippen molar-refractivity contribution in [3.8, 4) is 0 Å². The van der Waals surface area contributed by atoms with E-state index in [1.165, 1.54) is 0 Å². The van der Waals surface area contributed by atoms with Crippen molar-refractivity contribution in [1.29, 1.82) is 0 Å². The minimum absolute atomic E-state index is 0.0225. The topological polar surface area (TPSA) is 66.4 Å². The summed E-state index contributed by atoms with van der Waals surface area (Å²) in [6.45, 7) is 3.50. The maximum absolute atomic E-state index is 13.4. The second kappa shape index (κ2) is 6.76. The summed E-state index contributed by atoms with van der Waals surface area (Å²) in [7, 11) is 0. The Labute approximate surface area is 124 Å². The SMILES string of the molecule is CC(C)CC(NC(=O)c1ccc(C(F)(F)F)c(F)c1)C(=O)O. The maximum atomic E-state index is 13.4. The van der Waals surface area contributed by atoms with Gasteiger partial charge in [-0.1, -0.05) is 13.8 Å². The summed E-state index contributed by atoms with van der Waals surface area (Å²) in [5.74, 6) is -3.82. The van der Waals surface area contributed by atoms with Gasteiger partial charge in [0.2, 0.25) is 0 Å². The molecule has 0 saturated heterocycles. The molecule has 1 amide bonds. The Morgan fingerprint density at radius 2 is 1.86 bits per heavy atom. The average Bonchev–Trinajstić information content (AvgIpc) is 2.35. The molecule has 1 rings (SSSR count). The van der Waals surface area contributed by atoms with E-state index >= 15 is 0 Å². The van der Waals surface area contributed by atoms with Crippen LogP contribution >= 0.6 is 0 Å². The van der Waals surface area contributed by atoms with Crippen LogP contribution in [0, 0.1) is 11.7 Å². The highest BCUT2D eigenvalue weighted by Gasteiger charge is 2.34. The number of carboxylic acids is 1. The Morgan fingerprint density at radius 1 is 1.27 bits per heavy atom. The molecule has 0 aromatic heterocycles. The number of carbonyl (C=O) groups is 2. The van der Waals surface area contributed by atoms with E-state index in [1.54, 1.807) is 13.8 Å². The zero-order valence-electron chi connectivity index (χ0n) is 11.9. The van der Waals surface area contributed by atoms with Gasteiger partial charge in [-0.05, 0) is 30.5 Å². The highest BCUT2D eigenvalue weighted by Crippen LogP contribution is 2.31. The van der Waals surface area contributed by atoms with Crippen molar-refractivity contribution in [2.75, 3.05) is 0 Å². The zero-order valence-corrected chi connectivity index (χ0v) is 11.9. The van der Waals surface area contributed by atoms with Gasteiger partial charge in [-0.15, -0.1) is 0 Å². The van der Waals surface area contributed by atoms with Gasteiger partial charge in [0.15, 0.2) is 0 Å². The van der Waals surface area contributed by atoms with Crippen molar-refractivity contribution < 1.29 is 32.3 Å². The Bertz CT molecular complexity index is 570. The average molecular weight is 321 g/mol. The number of alkyl halides is 3. The predicted molar refractivity (Wildman–Crippen MR) is 69.7 cm³/mol. The van der Waals surface area contributed by atoms with E-state index in [1.807, 2.05) is 0 Å². The lowest BCUT2D eigenvalue weighted by atomic mass is 10.0. The second-order valence-corrected chi connectivity index (χ2v) is 5.19. The van der Waals surface area contributed by atoms with Gasteiger partial charge < -0.3 is 10.4 Å². The van der Waals surface area contributed by atoms with Gasteiger partial charge in [-0.2, -0.15) is 13.2 Å². The van der Waals surface area contributed by atoms with E-state index in [0.29, 0.717) is 12.1 Å². The van der Waals surface area contributed by atoms with E-state index in [9.17, 15) is 27.2 Å². The molecule has 1 aromatic carbocycles. The lowest BCUT2D eigenvalue weighted by Crippen LogP contribution is -2.41. The van der Waals surface area contributed by atoms with Crippen LogP contribution in [-0.2, 0) is 11.0 Å². The molecule has 0 heterocycles. The molecule has 0 aliphatic rings. The normalized spacial score (nSPS) is 13.0. The van der Waals surface area contributed by atoms with Crippen LogP contribution in [0.4, 0.5) is 17.6 Å². The quantitative estimate of drug-likeness (QED) is 0.819. The van der Waals surface area contributed by atoms with Crippen LogP contribution in [0.2, 0.25) is 0 Å². The van der Waals surface area contributed by atoms with Gasteiger partial charge >= 0.3 is 12.1 Å². The molecule has 2 N–H and O–H groups in total. The first-order valence-electron chi connectivity index (χ1n) is 6.42. The molecule has 22 heavy (non-hydrogen) atoms. The summed E-state index contributed by atoms with van der Waals surface area (Å²) < 4.78 is 50.7. The fourth-order valence-corrected chi connectivity index (χ4v) is 1.82. The van der Waals surface area contributed by atoms with Crippen molar-refractivity contribution in [3.05, 3.63) is 35.1 Å². The molecule has 0 aliphatic carbocycles. The van der Waals surface area contributed by atoms with Crippen molar-refractivity contribution in [2.45, 2.75) is 32.5 Å². The third-order valence-electron chi connectivity index (χ3n) is 2.85. The minimum Gasteiger partial charge on any atom is -0.480 e. The number of hydrogen-bond donors (Lipinski definition) is 2. The molecule has 0 bridgehead atoms. The molecule has 0 fully saturated rings. The number of amides is 1. The Morgan fingerprint density at radius 3 is 2.27 bits per heavy atom. The summed E-state index contributed by atoms with van der Waals surface area (Å²) in [6.07, 6.45) is -4.72. The molecule has 0 saturated carbocycles. The first-order valence-corrected chi connectivity index (χ1v) is 6.42. The molecule has 0 aliphatic heterocycles. The molecule has 4 nitrogen and oxygen atoms in total. The van der Waals surface area contributed by atoms with Gasteiger partial charge in [0.25, 0.3) is 5.91 Å². The fourth-order valence-electron chi connectivity index (χ4n) is 1.82. The van der Waals surface area contributed by atoms with E-state index in [0.717, 1.165) is 6.07 Å². The van der Waals surface area contributed by atoms with Crippen molar-refractivity contribution in [3.63, 3.8) is 0 Å². The maximum Gasteiger partial charge on any atom is 0.419 e. The molecule has 1 unspecified atom stereocenters. The molecule has 1 aromatic rings. The van der Waals surface area contributed by atoms with E-state index in [2.05, 4.69) is 5.32 Å². The standard InChI is InChI=1S/C14H15F4NO3/c1-7(2)5-11(13(21)22)19-12(20)8-3-4-9(10(15)6-8)14(16,17)18/h3-4,6-7,11H,5H2,1-2H3,(H,19,20)(H,21,22). The summed E-state index contributed by atoms with van der Waals surface area (Å²) in [4.78, 5) is 22.8. The van der Waals surface area contributed by atoms with Crippen molar-refractivity contribution in [1.82, 2.24) is 5.32 Å². The number of benzene rings is 1. The molecule has 8 heteroatoms. The third kappa shape index (κ3) is 4.71. The highest BCUT2D eigenvalue weighted by atomic mass is 19.4. The van der Waals surface area contributed by atoms with Crippen LogP contribution in [0.3, 0.4) is 0 Å². The van der Waals surface area contributed by atoms with Crippen LogP contribution in [0.25, 0.3) is 0 Å². The fraction of sp³-hybridized carbons (Fsp3) is 0.429. The molecular weight excluding hydrogens is 306 g/mol. The zero-order chi connectivity index (χ0) is 17.1. The van der Waals surface area contributed by atoms with Crippen molar-refractivity contribution >= 4 is 11.9 Å². The summed E-state index contributed by atoms with van der Waals surface area (Å²) in [5.41, 5.74) is -1.86. The van der Waals surface area contributed by atoms with Crippen LogP contribution in [0.1, 0.15) is 36.2 Å². The summed E-state index contributed by atoms with van der Waals surface area (Å²) in [6, 6.07) is 0.489. The first-order chi connectivity index (χ1) is 10.0. The van der Waals surface area contributed by atoms with Crippen LogP contribution in [-0.4, -0.2) is 23.0 Å². The van der Waals surface area contributed by atoms with Gasteiger partial charge in [-0.25, -0.2) is 9.18 Å².